The third-order valence-corrected chi connectivity index (χ3v) is 6.85. The van der Waals surface area contributed by atoms with Crippen molar-refractivity contribution in [3.8, 4) is 17.2 Å². The van der Waals surface area contributed by atoms with Gasteiger partial charge in [0.2, 0.25) is 5.75 Å². The van der Waals surface area contributed by atoms with Gasteiger partial charge in [-0.3, -0.25) is 9.47 Å². The third-order valence-electron chi connectivity index (χ3n) is 6.60. The first-order valence-electron chi connectivity index (χ1n) is 12.5. The smallest absolute Gasteiger partial charge is 0.203 e. The molecule has 2 atom stereocenters. The van der Waals surface area contributed by atoms with Crippen LogP contribution in [0.2, 0.25) is 5.02 Å². The van der Waals surface area contributed by atoms with Gasteiger partial charge >= 0.3 is 0 Å². The fourth-order valence-corrected chi connectivity index (χ4v) is 4.86. The second kappa shape index (κ2) is 12.0. The molecule has 1 aliphatic heterocycles. The van der Waals surface area contributed by atoms with Crippen LogP contribution in [-0.4, -0.2) is 76.7 Å². The number of aliphatic hydroxyl groups is 1. The molecule has 1 aliphatic rings. The van der Waals surface area contributed by atoms with E-state index in [0.717, 1.165) is 11.1 Å². The van der Waals surface area contributed by atoms with Gasteiger partial charge < -0.3 is 29.4 Å². The number of morpholine rings is 1. The average molecular weight is 555 g/mol. The highest BCUT2D eigenvalue weighted by Gasteiger charge is 2.30. The van der Waals surface area contributed by atoms with Crippen molar-refractivity contribution in [2.24, 2.45) is 0 Å². The summed E-state index contributed by atoms with van der Waals surface area (Å²) in [5, 5.41) is 14.0. The molecule has 206 valence electrons. The number of halogens is 1. The Morgan fingerprint density at radius 2 is 1.74 bits per heavy atom. The van der Waals surface area contributed by atoms with Gasteiger partial charge in [0.15, 0.2) is 28.5 Å². The molecular formula is C27H31ClN6O5. The van der Waals surface area contributed by atoms with Crippen LogP contribution >= 0.6 is 11.6 Å². The summed E-state index contributed by atoms with van der Waals surface area (Å²) in [5.74, 6) is 2.26. The van der Waals surface area contributed by atoms with Crippen molar-refractivity contribution in [3.05, 3.63) is 65.2 Å². The molecule has 0 amide bonds. The van der Waals surface area contributed by atoms with Crippen LogP contribution in [0.3, 0.4) is 0 Å². The number of imidazole rings is 1. The van der Waals surface area contributed by atoms with Gasteiger partial charge in [-0.25, -0.2) is 15.0 Å². The van der Waals surface area contributed by atoms with Crippen molar-refractivity contribution in [3.63, 3.8) is 0 Å². The summed E-state index contributed by atoms with van der Waals surface area (Å²) < 4.78 is 24.4. The largest absolute Gasteiger partial charge is 0.493 e. The van der Waals surface area contributed by atoms with E-state index in [9.17, 15) is 5.11 Å². The lowest BCUT2D eigenvalue weighted by Gasteiger charge is -2.37. The van der Waals surface area contributed by atoms with E-state index >= 15 is 0 Å². The normalized spacial score (nSPS) is 17.8. The van der Waals surface area contributed by atoms with Crippen molar-refractivity contribution in [1.82, 2.24) is 24.4 Å². The number of nitrogens with zero attached hydrogens (tertiary/aromatic N) is 5. The molecule has 11 nitrogen and oxygen atoms in total. The van der Waals surface area contributed by atoms with E-state index in [4.69, 9.17) is 30.5 Å². The third kappa shape index (κ3) is 5.86. The molecule has 5 rings (SSSR count). The quantitative estimate of drug-likeness (QED) is 0.302. The summed E-state index contributed by atoms with van der Waals surface area (Å²) in [5.41, 5.74) is 3.29. The number of hydrogen-bond acceptors (Lipinski definition) is 10. The standard InChI is InChI=1S/C27H31ClN6O5/c1-36-21-8-18(9-22(37-2)25(21)38-3)10-29-26-24-27(31-15-30-26)34(16-32-24)23-13-33(12-20(14-35)39-23)11-17-4-6-19(28)7-5-17/h4-9,15-16,20,23,35H,10-14H2,1-3H3,(H,29,30,31)/t20-,23+/m0/s1. The number of rotatable bonds is 10. The predicted molar refractivity (Wildman–Crippen MR) is 146 cm³/mol. The van der Waals surface area contributed by atoms with Crippen molar-refractivity contribution >= 4 is 28.6 Å². The van der Waals surface area contributed by atoms with Crippen LogP contribution in [0.15, 0.2) is 49.1 Å². The zero-order chi connectivity index (χ0) is 27.4. The number of fused-ring (bicyclic) bond motifs is 1. The van der Waals surface area contributed by atoms with E-state index in [1.165, 1.54) is 6.33 Å². The van der Waals surface area contributed by atoms with Gasteiger partial charge in [0.1, 0.15) is 12.6 Å². The topological polar surface area (TPSA) is 116 Å². The molecule has 1 fully saturated rings. The van der Waals surface area contributed by atoms with Gasteiger partial charge in [-0.05, 0) is 35.4 Å². The number of aromatic nitrogens is 4. The SMILES string of the molecule is COc1cc(CNc2ncnc3c2ncn3[C@H]2CN(Cc3ccc(Cl)cc3)C[C@@H](CO)O2)cc(OC)c1OC. The van der Waals surface area contributed by atoms with E-state index < -0.39 is 0 Å². The van der Waals surface area contributed by atoms with Crippen LogP contribution in [-0.2, 0) is 17.8 Å². The van der Waals surface area contributed by atoms with Crippen LogP contribution < -0.4 is 19.5 Å². The summed E-state index contributed by atoms with van der Waals surface area (Å²) in [4.78, 5) is 15.8. The molecule has 0 saturated carbocycles. The van der Waals surface area contributed by atoms with Crippen molar-refractivity contribution in [2.45, 2.75) is 25.4 Å². The van der Waals surface area contributed by atoms with Crippen LogP contribution in [0, 0.1) is 0 Å². The van der Waals surface area contributed by atoms with E-state index in [1.807, 2.05) is 41.0 Å². The first-order valence-corrected chi connectivity index (χ1v) is 12.8. The molecule has 2 aromatic heterocycles. The molecule has 2 N–H and O–H groups in total. The molecule has 3 heterocycles. The van der Waals surface area contributed by atoms with Gasteiger partial charge in [0.05, 0.1) is 40.4 Å². The van der Waals surface area contributed by atoms with Gasteiger partial charge in [-0.1, -0.05) is 23.7 Å². The molecule has 0 aliphatic carbocycles. The molecule has 2 aromatic carbocycles. The molecule has 0 bridgehead atoms. The monoisotopic (exact) mass is 554 g/mol. The fraction of sp³-hybridized carbons (Fsp3) is 0.370. The van der Waals surface area contributed by atoms with Gasteiger partial charge in [0.25, 0.3) is 0 Å². The minimum Gasteiger partial charge on any atom is -0.493 e. The van der Waals surface area contributed by atoms with Gasteiger partial charge in [-0.15, -0.1) is 0 Å². The van der Waals surface area contributed by atoms with Crippen LogP contribution in [0.1, 0.15) is 17.4 Å². The van der Waals surface area contributed by atoms with Crippen molar-refractivity contribution < 1.29 is 24.1 Å². The lowest BCUT2D eigenvalue weighted by molar-refractivity contribution is -0.135. The van der Waals surface area contributed by atoms with Crippen LogP contribution in [0.4, 0.5) is 5.82 Å². The molecule has 0 spiro atoms. The summed E-state index contributed by atoms with van der Waals surface area (Å²) in [6.45, 7) is 2.27. The highest BCUT2D eigenvalue weighted by molar-refractivity contribution is 6.30. The maximum absolute atomic E-state index is 9.91. The summed E-state index contributed by atoms with van der Waals surface area (Å²) in [6.07, 6.45) is 2.48. The number of nitrogens with one attached hydrogen (secondary N) is 1. The van der Waals surface area contributed by atoms with Crippen molar-refractivity contribution in [1.29, 1.82) is 0 Å². The van der Waals surface area contributed by atoms with Crippen LogP contribution in [0.5, 0.6) is 17.2 Å². The number of benzene rings is 2. The first kappa shape index (κ1) is 26.9. The Labute approximate surface area is 231 Å². The minimum absolute atomic E-state index is 0.0865. The van der Waals surface area contributed by atoms with Gasteiger partial charge in [-0.2, -0.15) is 0 Å². The Hall–Kier alpha value is -3.64. The second-order valence-electron chi connectivity index (χ2n) is 9.15. The maximum Gasteiger partial charge on any atom is 0.203 e. The summed E-state index contributed by atoms with van der Waals surface area (Å²) in [7, 11) is 4.74. The Morgan fingerprint density at radius 1 is 1.00 bits per heavy atom. The molecule has 12 heteroatoms. The van der Waals surface area contributed by atoms with Gasteiger partial charge in [0, 0.05) is 31.2 Å². The zero-order valence-electron chi connectivity index (χ0n) is 22.0. The Balaban J connectivity index is 1.36. The number of methoxy groups -OCH3 is 3. The number of hydrogen-bond donors (Lipinski definition) is 2. The van der Waals surface area contributed by atoms with Crippen LogP contribution in [0.25, 0.3) is 11.2 Å². The van der Waals surface area contributed by atoms with E-state index in [1.54, 1.807) is 27.7 Å². The molecular weight excluding hydrogens is 524 g/mol. The molecule has 4 aromatic rings. The molecule has 0 unspecified atom stereocenters. The van der Waals surface area contributed by atoms with E-state index in [-0.39, 0.29) is 18.9 Å². The summed E-state index contributed by atoms with van der Waals surface area (Å²) in [6, 6.07) is 11.5. The number of ether oxygens (including phenoxy) is 4. The van der Waals surface area contributed by atoms with Crippen molar-refractivity contribution in [2.75, 3.05) is 46.3 Å². The molecule has 0 radical (unpaired) electrons. The minimum atomic E-state index is -0.383. The predicted octanol–water partition coefficient (Wildman–Crippen LogP) is 3.51. The summed E-state index contributed by atoms with van der Waals surface area (Å²) >= 11 is 6.05. The first-order chi connectivity index (χ1) is 19.0. The Morgan fingerprint density at radius 3 is 2.41 bits per heavy atom. The molecule has 39 heavy (non-hydrogen) atoms. The number of aliphatic hydroxyl groups excluding tert-OH is 1. The van der Waals surface area contributed by atoms with E-state index in [0.29, 0.717) is 65.4 Å². The lowest BCUT2D eigenvalue weighted by atomic mass is 10.1. The van der Waals surface area contributed by atoms with E-state index in [2.05, 4.69) is 25.2 Å². The lowest BCUT2D eigenvalue weighted by Crippen LogP contribution is -2.46. The molecule has 1 saturated heterocycles. The second-order valence-corrected chi connectivity index (χ2v) is 9.59. The maximum atomic E-state index is 9.91. The highest BCUT2D eigenvalue weighted by Crippen LogP contribution is 2.38. The highest BCUT2D eigenvalue weighted by atomic mass is 35.5. The number of anilines is 1. The Bertz CT molecular complexity index is 1390. The average Bonchev–Trinajstić information content (AvgIpc) is 3.41. The fourth-order valence-electron chi connectivity index (χ4n) is 4.74. The Kier molecular flexibility index (Phi) is 8.32. The zero-order valence-corrected chi connectivity index (χ0v) is 22.8.